The van der Waals surface area contributed by atoms with E-state index in [0.29, 0.717) is 18.0 Å². The Kier molecular flexibility index (Phi) is 4.64. The van der Waals surface area contributed by atoms with Crippen LogP contribution in [-0.4, -0.2) is 6.54 Å². The molecule has 0 amide bonds. The van der Waals surface area contributed by atoms with Gasteiger partial charge in [0.15, 0.2) is 0 Å². The van der Waals surface area contributed by atoms with Gasteiger partial charge in [0.1, 0.15) is 5.82 Å². The van der Waals surface area contributed by atoms with Crippen LogP contribution in [0, 0.1) is 5.82 Å². The van der Waals surface area contributed by atoms with Crippen molar-refractivity contribution < 1.29 is 4.39 Å². The van der Waals surface area contributed by atoms with Gasteiger partial charge in [-0.15, -0.1) is 0 Å². The molecule has 1 nitrogen and oxygen atoms in total. The lowest BCUT2D eigenvalue weighted by Gasteiger charge is -2.08. The zero-order valence-corrected chi connectivity index (χ0v) is 11.3. The SMILES string of the molecule is NCCc1cc(F)ccc1Sc1ccc(Cl)cc1. The molecule has 0 atom stereocenters. The summed E-state index contributed by atoms with van der Waals surface area (Å²) < 4.78 is 13.2. The van der Waals surface area contributed by atoms with Crippen LogP contribution >= 0.6 is 23.4 Å². The minimum atomic E-state index is -0.223. The molecule has 0 saturated heterocycles. The van der Waals surface area contributed by atoms with E-state index in [1.54, 1.807) is 23.9 Å². The van der Waals surface area contributed by atoms with Crippen LogP contribution in [0.25, 0.3) is 0 Å². The summed E-state index contributed by atoms with van der Waals surface area (Å²) in [4.78, 5) is 2.11. The molecule has 2 aromatic rings. The summed E-state index contributed by atoms with van der Waals surface area (Å²) in [5.74, 6) is -0.223. The van der Waals surface area contributed by atoms with Crippen molar-refractivity contribution in [2.75, 3.05) is 6.54 Å². The first-order chi connectivity index (χ1) is 8.69. The quantitative estimate of drug-likeness (QED) is 0.912. The Morgan fingerprint density at radius 3 is 2.50 bits per heavy atom. The Morgan fingerprint density at radius 2 is 1.83 bits per heavy atom. The molecule has 18 heavy (non-hydrogen) atoms. The first-order valence-corrected chi connectivity index (χ1v) is 6.80. The van der Waals surface area contributed by atoms with Gasteiger partial charge in [-0.1, -0.05) is 23.4 Å². The van der Waals surface area contributed by atoms with E-state index in [9.17, 15) is 4.39 Å². The van der Waals surface area contributed by atoms with Crippen molar-refractivity contribution in [1.82, 2.24) is 0 Å². The van der Waals surface area contributed by atoms with E-state index in [-0.39, 0.29) is 5.82 Å². The summed E-state index contributed by atoms with van der Waals surface area (Å²) in [6.07, 6.45) is 0.674. The van der Waals surface area contributed by atoms with Gasteiger partial charge in [0, 0.05) is 14.8 Å². The van der Waals surface area contributed by atoms with Crippen molar-refractivity contribution in [2.45, 2.75) is 16.2 Å². The molecule has 4 heteroatoms. The standard InChI is InChI=1S/C14H13ClFNS/c15-11-1-4-13(5-2-11)18-14-6-3-12(16)9-10(14)7-8-17/h1-6,9H,7-8,17H2. The summed E-state index contributed by atoms with van der Waals surface area (Å²) >= 11 is 7.43. The molecule has 0 saturated carbocycles. The van der Waals surface area contributed by atoms with Crippen LogP contribution in [0.4, 0.5) is 4.39 Å². The minimum absolute atomic E-state index is 0.223. The summed E-state index contributed by atoms with van der Waals surface area (Å²) in [6, 6.07) is 12.4. The maximum absolute atomic E-state index is 13.2. The molecule has 0 unspecified atom stereocenters. The summed E-state index contributed by atoms with van der Waals surface area (Å²) in [6.45, 7) is 0.512. The molecular weight excluding hydrogens is 269 g/mol. The Labute approximate surface area is 115 Å². The fourth-order valence-electron chi connectivity index (χ4n) is 1.63. The van der Waals surface area contributed by atoms with Crippen molar-refractivity contribution in [3.63, 3.8) is 0 Å². The lowest BCUT2D eigenvalue weighted by atomic mass is 10.1. The van der Waals surface area contributed by atoms with Crippen LogP contribution in [0.3, 0.4) is 0 Å². The second-order valence-corrected chi connectivity index (χ2v) is 5.40. The average molecular weight is 282 g/mol. The van der Waals surface area contributed by atoms with Gasteiger partial charge in [0.2, 0.25) is 0 Å². The van der Waals surface area contributed by atoms with Gasteiger partial charge in [-0.05, 0) is 61.0 Å². The van der Waals surface area contributed by atoms with Gasteiger partial charge in [-0.2, -0.15) is 0 Å². The zero-order chi connectivity index (χ0) is 13.0. The predicted octanol–water partition coefficient (Wildman–Crippen LogP) is 4.13. The molecule has 0 bridgehead atoms. The molecule has 2 rings (SSSR count). The smallest absolute Gasteiger partial charge is 0.123 e. The number of hydrogen-bond donors (Lipinski definition) is 1. The second-order valence-electron chi connectivity index (χ2n) is 3.85. The van der Waals surface area contributed by atoms with Gasteiger partial charge in [0.05, 0.1) is 0 Å². The van der Waals surface area contributed by atoms with E-state index < -0.39 is 0 Å². The van der Waals surface area contributed by atoms with Crippen molar-refractivity contribution in [3.05, 3.63) is 58.9 Å². The highest BCUT2D eigenvalue weighted by Gasteiger charge is 2.05. The summed E-state index contributed by atoms with van der Waals surface area (Å²) in [5.41, 5.74) is 6.49. The van der Waals surface area contributed by atoms with E-state index >= 15 is 0 Å². The van der Waals surface area contributed by atoms with Gasteiger partial charge in [0.25, 0.3) is 0 Å². The van der Waals surface area contributed by atoms with Crippen LogP contribution in [0.1, 0.15) is 5.56 Å². The lowest BCUT2D eigenvalue weighted by Crippen LogP contribution is -2.04. The molecule has 0 aliphatic carbocycles. The highest BCUT2D eigenvalue weighted by Crippen LogP contribution is 2.31. The minimum Gasteiger partial charge on any atom is -0.330 e. The fraction of sp³-hybridized carbons (Fsp3) is 0.143. The largest absolute Gasteiger partial charge is 0.330 e. The number of halogens is 2. The Morgan fingerprint density at radius 1 is 1.11 bits per heavy atom. The molecule has 0 fully saturated rings. The molecular formula is C14H13ClFNS. The van der Waals surface area contributed by atoms with Crippen molar-refractivity contribution in [3.8, 4) is 0 Å². The van der Waals surface area contributed by atoms with Crippen LogP contribution in [-0.2, 0) is 6.42 Å². The molecule has 0 aliphatic rings. The van der Waals surface area contributed by atoms with Gasteiger partial charge >= 0.3 is 0 Å². The monoisotopic (exact) mass is 281 g/mol. The van der Waals surface area contributed by atoms with Crippen molar-refractivity contribution in [2.24, 2.45) is 5.73 Å². The Balaban J connectivity index is 2.25. The molecule has 0 heterocycles. The lowest BCUT2D eigenvalue weighted by molar-refractivity contribution is 0.623. The first kappa shape index (κ1) is 13.4. The van der Waals surface area contributed by atoms with Gasteiger partial charge in [-0.25, -0.2) is 4.39 Å². The Bertz CT molecular complexity index is 528. The normalized spacial score (nSPS) is 10.6. The molecule has 0 aliphatic heterocycles. The molecule has 0 radical (unpaired) electrons. The summed E-state index contributed by atoms with van der Waals surface area (Å²) in [5, 5.41) is 0.709. The molecule has 0 spiro atoms. The van der Waals surface area contributed by atoms with Crippen LogP contribution in [0.2, 0.25) is 5.02 Å². The van der Waals surface area contributed by atoms with E-state index in [4.69, 9.17) is 17.3 Å². The van der Waals surface area contributed by atoms with Crippen LogP contribution < -0.4 is 5.73 Å². The first-order valence-electron chi connectivity index (χ1n) is 5.61. The fourth-order valence-corrected chi connectivity index (χ4v) is 2.71. The number of rotatable bonds is 4. The highest BCUT2D eigenvalue weighted by atomic mass is 35.5. The second kappa shape index (κ2) is 6.23. The highest BCUT2D eigenvalue weighted by molar-refractivity contribution is 7.99. The maximum atomic E-state index is 13.2. The van der Waals surface area contributed by atoms with Crippen molar-refractivity contribution >= 4 is 23.4 Å². The average Bonchev–Trinajstić information content (AvgIpc) is 2.36. The molecule has 2 N–H and O–H groups in total. The number of hydrogen-bond acceptors (Lipinski definition) is 2. The molecule has 0 aromatic heterocycles. The van der Waals surface area contributed by atoms with E-state index in [2.05, 4.69) is 0 Å². The Hall–Kier alpha value is -1.03. The van der Waals surface area contributed by atoms with E-state index in [0.717, 1.165) is 15.4 Å². The third-order valence-corrected chi connectivity index (χ3v) is 3.86. The predicted molar refractivity (Wildman–Crippen MR) is 74.7 cm³/mol. The third-order valence-electron chi connectivity index (χ3n) is 2.48. The van der Waals surface area contributed by atoms with E-state index in [1.165, 1.54) is 6.07 Å². The third kappa shape index (κ3) is 3.48. The van der Waals surface area contributed by atoms with Crippen molar-refractivity contribution in [1.29, 1.82) is 0 Å². The zero-order valence-electron chi connectivity index (χ0n) is 9.70. The topological polar surface area (TPSA) is 26.0 Å². The van der Waals surface area contributed by atoms with Gasteiger partial charge < -0.3 is 5.73 Å². The van der Waals surface area contributed by atoms with Gasteiger partial charge in [-0.3, -0.25) is 0 Å². The molecule has 2 aromatic carbocycles. The number of benzene rings is 2. The summed E-state index contributed by atoms with van der Waals surface area (Å²) in [7, 11) is 0. The number of nitrogens with two attached hydrogens (primary N) is 1. The van der Waals surface area contributed by atoms with E-state index in [1.807, 2.05) is 24.3 Å². The van der Waals surface area contributed by atoms with Crippen LogP contribution in [0.5, 0.6) is 0 Å². The maximum Gasteiger partial charge on any atom is 0.123 e. The van der Waals surface area contributed by atoms with Crippen LogP contribution in [0.15, 0.2) is 52.3 Å². The molecule has 94 valence electrons.